The third kappa shape index (κ3) is 4.37. The smallest absolute Gasteiger partial charge is 0.407 e. The summed E-state index contributed by atoms with van der Waals surface area (Å²) >= 11 is 0. The highest BCUT2D eigenvalue weighted by Gasteiger charge is 2.31. The van der Waals surface area contributed by atoms with Gasteiger partial charge in [-0.1, -0.05) is 32.6 Å². The van der Waals surface area contributed by atoms with Crippen LogP contribution in [-0.2, 0) is 4.74 Å². The van der Waals surface area contributed by atoms with E-state index in [0.717, 1.165) is 19.0 Å². The number of amides is 1. The molecule has 2 fully saturated rings. The van der Waals surface area contributed by atoms with Crippen LogP contribution in [-0.4, -0.2) is 42.8 Å². The largest absolute Gasteiger partial charge is 0.450 e. The molecule has 1 saturated carbocycles. The lowest BCUT2D eigenvalue weighted by atomic mass is 9.87. The van der Waals surface area contributed by atoms with Crippen molar-refractivity contribution in [1.29, 1.82) is 0 Å². The molecule has 1 N–H and O–H groups in total. The van der Waals surface area contributed by atoms with Gasteiger partial charge in [0.05, 0.1) is 6.61 Å². The lowest BCUT2D eigenvalue weighted by Crippen LogP contribution is -2.54. The molecule has 0 aromatic carbocycles. The number of carbonyl (C=O) groups is 1. The predicted molar refractivity (Wildman–Crippen MR) is 80.8 cm³/mol. The summed E-state index contributed by atoms with van der Waals surface area (Å²) in [7, 11) is 0. The van der Waals surface area contributed by atoms with E-state index in [-0.39, 0.29) is 12.1 Å². The van der Waals surface area contributed by atoms with Crippen molar-refractivity contribution in [3.05, 3.63) is 0 Å². The van der Waals surface area contributed by atoms with Gasteiger partial charge in [-0.25, -0.2) is 4.79 Å². The Kier molecular flexibility index (Phi) is 6.14. The second kappa shape index (κ2) is 7.87. The first-order chi connectivity index (χ1) is 9.72. The van der Waals surface area contributed by atoms with Crippen molar-refractivity contribution in [2.75, 3.05) is 19.7 Å². The minimum Gasteiger partial charge on any atom is -0.450 e. The van der Waals surface area contributed by atoms with Crippen molar-refractivity contribution in [1.82, 2.24) is 10.2 Å². The summed E-state index contributed by atoms with van der Waals surface area (Å²) in [6.07, 6.45) is 8.85. The lowest BCUT2D eigenvalue weighted by molar-refractivity contribution is 0.0718. The van der Waals surface area contributed by atoms with Crippen molar-refractivity contribution in [3.63, 3.8) is 0 Å². The Morgan fingerprint density at radius 2 is 1.95 bits per heavy atom. The Labute approximate surface area is 123 Å². The number of nitrogens with one attached hydrogen (secondary N) is 1. The zero-order valence-electron chi connectivity index (χ0n) is 13.1. The molecular formula is C16H30N2O2. The number of hydrogen-bond donors (Lipinski definition) is 1. The van der Waals surface area contributed by atoms with Crippen LogP contribution in [0.3, 0.4) is 0 Å². The standard InChI is InChI=1S/C16H30N2O2/c1-3-13-10-14(17-16(19)20-4-2)12-18(11-13)15-8-6-5-7-9-15/h13-15H,3-12H2,1-2H3,(H,17,19). The van der Waals surface area contributed by atoms with Crippen molar-refractivity contribution < 1.29 is 9.53 Å². The molecule has 1 heterocycles. The molecule has 2 aliphatic rings. The number of alkyl carbamates (subject to hydrolysis) is 1. The third-order valence-electron chi connectivity index (χ3n) is 4.83. The van der Waals surface area contributed by atoms with Gasteiger partial charge >= 0.3 is 6.09 Å². The van der Waals surface area contributed by atoms with Gasteiger partial charge in [0.15, 0.2) is 0 Å². The molecule has 0 spiro atoms. The molecule has 2 atom stereocenters. The molecule has 1 amide bonds. The fourth-order valence-electron chi connectivity index (χ4n) is 3.72. The van der Waals surface area contributed by atoms with E-state index in [1.165, 1.54) is 45.1 Å². The Balaban J connectivity index is 1.90. The monoisotopic (exact) mass is 282 g/mol. The van der Waals surface area contributed by atoms with Crippen molar-refractivity contribution in [3.8, 4) is 0 Å². The van der Waals surface area contributed by atoms with E-state index in [1.54, 1.807) is 0 Å². The number of hydrogen-bond acceptors (Lipinski definition) is 3. The Morgan fingerprint density at radius 1 is 1.20 bits per heavy atom. The minimum absolute atomic E-state index is 0.252. The second-order valence-corrected chi connectivity index (χ2v) is 6.32. The summed E-state index contributed by atoms with van der Waals surface area (Å²) in [5.41, 5.74) is 0. The maximum absolute atomic E-state index is 11.6. The van der Waals surface area contributed by atoms with Gasteiger partial charge in [0.1, 0.15) is 0 Å². The van der Waals surface area contributed by atoms with Gasteiger partial charge in [-0.3, -0.25) is 4.90 Å². The number of nitrogens with zero attached hydrogens (tertiary/aromatic N) is 1. The summed E-state index contributed by atoms with van der Waals surface area (Å²) < 4.78 is 5.03. The molecule has 0 aromatic rings. The van der Waals surface area contributed by atoms with Crippen LogP contribution in [0.5, 0.6) is 0 Å². The fourth-order valence-corrected chi connectivity index (χ4v) is 3.72. The highest BCUT2D eigenvalue weighted by atomic mass is 16.5. The third-order valence-corrected chi connectivity index (χ3v) is 4.83. The number of carbonyl (C=O) groups excluding carboxylic acids is 1. The van der Waals surface area contributed by atoms with E-state index < -0.39 is 0 Å². The average Bonchev–Trinajstić information content (AvgIpc) is 2.48. The lowest BCUT2D eigenvalue weighted by Gasteiger charge is -2.43. The predicted octanol–water partition coefficient (Wildman–Crippen LogP) is 3.17. The van der Waals surface area contributed by atoms with Crippen LogP contribution < -0.4 is 5.32 Å². The first-order valence-electron chi connectivity index (χ1n) is 8.40. The van der Waals surface area contributed by atoms with Gasteiger partial charge in [0.25, 0.3) is 0 Å². The van der Waals surface area contributed by atoms with E-state index >= 15 is 0 Å². The summed E-state index contributed by atoms with van der Waals surface area (Å²) in [5, 5.41) is 3.05. The molecular weight excluding hydrogens is 252 g/mol. The van der Waals surface area contributed by atoms with E-state index in [9.17, 15) is 4.79 Å². The van der Waals surface area contributed by atoms with Gasteiger partial charge in [-0.05, 0) is 32.1 Å². The molecule has 0 radical (unpaired) electrons. The van der Waals surface area contributed by atoms with E-state index in [2.05, 4.69) is 17.1 Å². The van der Waals surface area contributed by atoms with Gasteiger partial charge < -0.3 is 10.1 Å². The maximum atomic E-state index is 11.6. The van der Waals surface area contributed by atoms with E-state index in [0.29, 0.717) is 12.5 Å². The molecule has 0 bridgehead atoms. The topological polar surface area (TPSA) is 41.6 Å². The Morgan fingerprint density at radius 3 is 2.60 bits per heavy atom. The van der Waals surface area contributed by atoms with Crippen LogP contribution >= 0.6 is 0 Å². The average molecular weight is 282 g/mol. The summed E-state index contributed by atoms with van der Waals surface area (Å²) in [5.74, 6) is 0.706. The molecule has 4 nitrogen and oxygen atoms in total. The molecule has 1 saturated heterocycles. The van der Waals surface area contributed by atoms with E-state index in [4.69, 9.17) is 4.74 Å². The zero-order valence-corrected chi connectivity index (χ0v) is 13.1. The summed E-state index contributed by atoms with van der Waals surface area (Å²) in [6.45, 7) is 6.77. The Bertz CT molecular complexity index is 303. The highest BCUT2D eigenvalue weighted by molar-refractivity contribution is 5.67. The van der Waals surface area contributed by atoms with Crippen LogP contribution in [0.15, 0.2) is 0 Å². The van der Waals surface area contributed by atoms with Crippen molar-refractivity contribution >= 4 is 6.09 Å². The van der Waals surface area contributed by atoms with Crippen LogP contribution in [0.25, 0.3) is 0 Å². The molecule has 116 valence electrons. The molecule has 4 heteroatoms. The summed E-state index contributed by atoms with van der Waals surface area (Å²) in [4.78, 5) is 14.3. The second-order valence-electron chi connectivity index (χ2n) is 6.32. The summed E-state index contributed by atoms with van der Waals surface area (Å²) in [6, 6.07) is 0.999. The van der Waals surface area contributed by atoms with Gasteiger partial charge in [0.2, 0.25) is 0 Å². The van der Waals surface area contributed by atoms with Crippen molar-refractivity contribution in [2.24, 2.45) is 5.92 Å². The first-order valence-corrected chi connectivity index (χ1v) is 8.40. The highest BCUT2D eigenvalue weighted by Crippen LogP contribution is 2.28. The molecule has 1 aliphatic heterocycles. The zero-order chi connectivity index (χ0) is 14.4. The van der Waals surface area contributed by atoms with Gasteiger partial charge in [-0.15, -0.1) is 0 Å². The SMILES string of the molecule is CCOC(=O)NC1CC(CC)CN(C2CCCCC2)C1. The molecule has 2 rings (SSSR count). The van der Waals surface area contributed by atoms with Gasteiger partial charge in [0, 0.05) is 25.2 Å². The van der Waals surface area contributed by atoms with E-state index in [1.807, 2.05) is 6.92 Å². The van der Waals surface area contributed by atoms with Crippen molar-refractivity contribution in [2.45, 2.75) is 70.9 Å². The molecule has 2 unspecified atom stereocenters. The quantitative estimate of drug-likeness (QED) is 0.861. The van der Waals surface area contributed by atoms with Crippen LogP contribution in [0.2, 0.25) is 0 Å². The maximum Gasteiger partial charge on any atom is 0.407 e. The number of likely N-dealkylation sites (tertiary alicyclic amines) is 1. The minimum atomic E-state index is -0.252. The van der Waals surface area contributed by atoms with Gasteiger partial charge in [-0.2, -0.15) is 0 Å². The Hall–Kier alpha value is -0.770. The molecule has 20 heavy (non-hydrogen) atoms. The molecule has 1 aliphatic carbocycles. The number of piperidine rings is 1. The normalized spacial score (nSPS) is 29.1. The molecule has 0 aromatic heterocycles. The van der Waals surface area contributed by atoms with Crippen LogP contribution in [0, 0.1) is 5.92 Å². The first kappa shape index (κ1) is 15.6. The van der Waals surface area contributed by atoms with Crippen LogP contribution in [0.4, 0.5) is 4.79 Å². The fraction of sp³-hybridized carbons (Fsp3) is 0.938. The number of ether oxygens (including phenoxy) is 1. The number of rotatable bonds is 4. The van der Waals surface area contributed by atoms with Crippen LogP contribution in [0.1, 0.15) is 58.8 Å².